The van der Waals surface area contributed by atoms with Gasteiger partial charge in [-0.1, -0.05) is 0 Å². The van der Waals surface area contributed by atoms with Gasteiger partial charge in [0, 0.05) is 43.5 Å². The molecule has 1 atom stereocenters. The van der Waals surface area contributed by atoms with Gasteiger partial charge in [0.15, 0.2) is 0 Å². The predicted molar refractivity (Wildman–Crippen MR) is 99.9 cm³/mol. The Bertz CT molecular complexity index is 577. The molecule has 1 heterocycles. The van der Waals surface area contributed by atoms with E-state index in [2.05, 4.69) is 5.32 Å². The van der Waals surface area contributed by atoms with Crippen LogP contribution < -0.4 is 15.0 Å². The Hall–Kier alpha value is -1.66. The zero-order valence-corrected chi connectivity index (χ0v) is 15.7. The number of urea groups is 1. The summed E-state index contributed by atoms with van der Waals surface area (Å²) in [4.78, 5) is 27.8. The van der Waals surface area contributed by atoms with E-state index >= 15 is 0 Å². The lowest BCUT2D eigenvalue weighted by Gasteiger charge is -2.23. The summed E-state index contributed by atoms with van der Waals surface area (Å²) in [6.45, 7) is 3.79. The fourth-order valence-corrected chi connectivity index (χ4v) is 3.14. The molecule has 1 aliphatic rings. The van der Waals surface area contributed by atoms with Crippen LogP contribution in [0, 0.1) is 0 Å². The van der Waals surface area contributed by atoms with Crippen molar-refractivity contribution in [3.63, 3.8) is 0 Å². The number of carbonyl (C=O) groups is 2. The van der Waals surface area contributed by atoms with Gasteiger partial charge in [0.05, 0.1) is 12.6 Å². The quantitative estimate of drug-likeness (QED) is 0.697. The fraction of sp³-hybridized carbons (Fsp3) is 0.529. The summed E-state index contributed by atoms with van der Waals surface area (Å²) < 4.78 is 5.41. The van der Waals surface area contributed by atoms with Crippen LogP contribution in [0.2, 0.25) is 0 Å². The second-order valence-electron chi connectivity index (χ2n) is 5.65. The second-order valence-corrected chi connectivity index (χ2v) is 6.40. The van der Waals surface area contributed by atoms with Crippen LogP contribution in [-0.4, -0.2) is 60.9 Å². The maximum Gasteiger partial charge on any atom is 0.317 e. The van der Waals surface area contributed by atoms with Gasteiger partial charge < -0.3 is 19.9 Å². The van der Waals surface area contributed by atoms with Gasteiger partial charge in [0.1, 0.15) is 5.75 Å². The van der Waals surface area contributed by atoms with Crippen LogP contribution in [0.5, 0.6) is 5.75 Å². The van der Waals surface area contributed by atoms with Crippen LogP contribution in [0.25, 0.3) is 0 Å². The molecule has 0 bridgehead atoms. The highest BCUT2D eigenvalue weighted by Gasteiger charge is 2.32. The number of carbonyl (C=O) groups excluding carboxylic acids is 2. The first kappa shape index (κ1) is 19.7. The van der Waals surface area contributed by atoms with Crippen LogP contribution >= 0.6 is 23.2 Å². The average molecular weight is 388 g/mol. The Morgan fingerprint density at radius 1 is 1.28 bits per heavy atom. The van der Waals surface area contributed by atoms with Crippen molar-refractivity contribution in [2.24, 2.45) is 0 Å². The van der Waals surface area contributed by atoms with E-state index < -0.39 is 0 Å². The Kier molecular flexibility index (Phi) is 7.65. The van der Waals surface area contributed by atoms with Crippen LogP contribution in [0.15, 0.2) is 24.3 Å². The molecule has 1 saturated heterocycles. The number of rotatable bonds is 8. The number of halogens is 2. The predicted octanol–water partition coefficient (Wildman–Crippen LogP) is 2.68. The van der Waals surface area contributed by atoms with Gasteiger partial charge in [0.25, 0.3) is 0 Å². The SMILES string of the molecule is CCOc1ccc(N2C[C@@H](NC(=O)N(CCCl)CCCl)CC2=O)cc1. The zero-order valence-electron chi connectivity index (χ0n) is 14.2. The molecule has 6 nitrogen and oxygen atoms in total. The van der Waals surface area contributed by atoms with Crippen molar-refractivity contribution in [1.82, 2.24) is 10.2 Å². The van der Waals surface area contributed by atoms with E-state index in [9.17, 15) is 9.59 Å². The van der Waals surface area contributed by atoms with Gasteiger partial charge in [-0.2, -0.15) is 0 Å². The van der Waals surface area contributed by atoms with Crippen molar-refractivity contribution in [2.75, 3.05) is 42.9 Å². The van der Waals surface area contributed by atoms with E-state index in [1.807, 2.05) is 31.2 Å². The first-order valence-corrected chi connectivity index (χ1v) is 9.36. The van der Waals surface area contributed by atoms with Gasteiger partial charge in [-0.25, -0.2) is 4.79 Å². The van der Waals surface area contributed by atoms with E-state index in [1.165, 1.54) is 0 Å². The number of benzene rings is 1. The molecule has 1 N–H and O–H groups in total. The van der Waals surface area contributed by atoms with E-state index in [1.54, 1.807) is 9.80 Å². The summed E-state index contributed by atoms with van der Waals surface area (Å²) in [7, 11) is 0. The number of alkyl halides is 2. The summed E-state index contributed by atoms with van der Waals surface area (Å²) in [6, 6.07) is 6.88. The Labute approximate surface area is 158 Å². The minimum Gasteiger partial charge on any atom is -0.494 e. The number of anilines is 1. The molecular formula is C17H23Cl2N3O3. The highest BCUT2D eigenvalue weighted by atomic mass is 35.5. The average Bonchev–Trinajstić information content (AvgIpc) is 2.96. The molecule has 0 aromatic heterocycles. The molecule has 1 aliphatic heterocycles. The Morgan fingerprint density at radius 2 is 1.92 bits per heavy atom. The number of nitrogens with zero attached hydrogens (tertiary/aromatic N) is 2. The minimum atomic E-state index is -0.243. The lowest BCUT2D eigenvalue weighted by molar-refractivity contribution is -0.117. The number of amides is 3. The first-order chi connectivity index (χ1) is 12.1. The molecule has 1 aromatic carbocycles. The normalized spacial score (nSPS) is 16.8. The van der Waals surface area contributed by atoms with Crippen molar-refractivity contribution in [3.05, 3.63) is 24.3 Å². The molecule has 0 saturated carbocycles. The highest BCUT2D eigenvalue weighted by Crippen LogP contribution is 2.24. The van der Waals surface area contributed by atoms with Gasteiger partial charge in [0.2, 0.25) is 5.91 Å². The molecule has 138 valence electrons. The molecule has 0 radical (unpaired) electrons. The Balaban J connectivity index is 1.96. The lowest BCUT2D eigenvalue weighted by Crippen LogP contribution is -2.47. The smallest absolute Gasteiger partial charge is 0.317 e. The molecular weight excluding hydrogens is 365 g/mol. The molecule has 1 fully saturated rings. The van der Waals surface area contributed by atoms with Gasteiger partial charge in [-0.3, -0.25) is 4.79 Å². The van der Waals surface area contributed by atoms with Crippen molar-refractivity contribution in [1.29, 1.82) is 0 Å². The monoisotopic (exact) mass is 387 g/mol. The third kappa shape index (κ3) is 5.41. The van der Waals surface area contributed by atoms with Crippen molar-refractivity contribution < 1.29 is 14.3 Å². The summed E-state index contributed by atoms with van der Waals surface area (Å²) >= 11 is 11.4. The fourth-order valence-electron chi connectivity index (χ4n) is 2.73. The summed E-state index contributed by atoms with van der Waals surface area (Å²) in [5, 5.41) is 2.89. The summed E-state index contributed by atoms with van der Waals surface area (Å²) in [6.07, 6.45) is 0.272. The lowest BCUT2D eigenvalue weighted by atomic mass is 10.2. The number of hydrogen-bond donors (Lipinski definition) is 1. The van der Waals surface area contributed by atoms with Crippen molar-refractivity contribution in [3.8, 4) is 5.75 Å². The van der Waals surface area contributed by atoms with Gasteiger partial charge in [-0.05, 0) is 31.2 Å². The largest absolute Gasteiger partial charge is 0.494 e. The van der Waals surface area contributed by atoms with E-state index in [4.69, 9.17) is 27.9 Å². The van der Waals surface area contributed by atoms with Crippen LogP contribution in [0.1, 0.15) is 13.3 Å². The summed E-state index contributed by atoms with van der Waals surface area (Å²) in [5.74, 6) is 1.43. The number of nitrogens with one attached hydrogen (secondary N) is 1. The van der Waals surface area contributed by atoms with Gasteiger partial charge >= 0.3 is 6.03 Å². The van der Waals surface area contributed by atoms with Crippen molar-refractivity contribution >= 4 is 40.8 Å². The third-order valence-corrected chi connectivity index (χ3v) is 4.25. The second kappa shape index (κ2) is 9.73. The molecule has 1 aromatic rings. The number of hydrogen-bond acceptors (Lipinski definition) is 3. The van der Waals surface area contributed by atoms with E-state index in [0.717, 1.165) is 11.4 Å². The molecule has 0 aliphatic carbocycles. The highest BCUT2D eigenvalue weighted by molar-refractivity contribution is 6.18. The first-order valence-electron chi connectivity index (χ1n) is 8.29. The topological polar surface area (TPSA) is 61.9 Å². The van der Waals surface area contributed by atoms with Crippen molar-refractivity contribution in [2.45, 2.75) is 19.4 Å². The maximum absolute atomic E-state index is 12.3. The molecule has 0 unspecified atom stereocenters. The molecule has 0 spiro atoms. The number of ether oxygens (including phenoxy) is 1. The third-order valence-electron chi connectivity index (χ3n) is 3.91. The standard InChI is InChI=1S/C17H23Cl2N3O3/c1-2-25-15-5-3-14(4-6-15)22-12-13(11-16(22)23)20-17(24)21(9-7-18)10-8-19/h3-6,13H,2,7-12H2,1H3,(H,20,24)/t13-/m0/s1. The minimum absolute atomic E-state index is 0.0179. The Morgan fingerprint density at radius 3 is 2.48 bits per heavy atom. The summed E-state index contributed by atoms with van der Waals surface area (Å²) in [5.41, 5.74) is 0.795. The zero-order chi connectivity index (χ0) is 18.2. The molecule has 8 heteroatoms. The van der Waals surface area contributed by atoms with Gasteiger partial charge in [-0.15, -0.1) is 23.2 Å². The molecule has 2 rings (SSSR count). The van der Waals surface area contributed by atoms with Crippen LogP contribution in [-0.2, 0) is 4.79 Å². The van der Waals surface area contributed by atoms with Crippen LogP contribution in [0.4, 0.5) is 10.5 Å². The molecule has 25 heavy (non-hydrogen) atoms. The van der Waals surface area contributed by atoms with Crippen LogP contribution in [0.3, 0.4) is 0 Å². The molecule has 3 amide bonds. The maximum atomic E-state index is 12.3. The van der Waals surface area contributed by atoms with E-state index in [0.29, 0.717) is 38.0 Å². The van der Waals surface area contributed by atoms with E-state index in [-0.39, 0.29) is 24.4 Å².